The van der Waals surface area contributed by atoms with Crippen LogP contribution < -0.4 is 0 Å². The molecule has 2 unspecified atom stereocenters. The minimum Gasteiger partial charge on any atom is -0.456 e. The normalized spacial score (nSPS) is 27.9. The van der Waals surface area contributed by atoms with Gasteiger partial charge in [-0.2, -0.15) is 0 Å². The third-order valence-corrected chi connectivity index (χ3v) is 2.68. The summed E-state index contributed by atoms with van der Waals surface area (Å²) < 4.78 is 10.8. The Balaban J connectivity index is 2.36. The number of quaternary nitrogens is 1. The number of aliphatic hydroxyl groups is 1. The van der Waals surface area contributed by atoms with E-state index in [1.54, 1.807) is 0 Å². The first-order chi connectivity index (χ1) is 7.41. The van der Waals surface area contributed by atoms with Gasteiger partial charge in [0.25, 0.3) is 0 Å². The second-order valence-corrected chi connectivity index (χ2v) is 4.94. The number of esters is 1. The van der Waals surface area contributed by atoms with Gasteiger partial charge in [-0.05, 0) is 13.8 Å². The van der Waals surface area contributed by atoms with Crippen LogP contribution in [0, 0.1) is 0 Å². The highest BCUT2D eigenvalue weighted by Crippen LogP contribution is 2.10. The Labute approximate surface area is 96.5 Å². The molecular formula is C11H22NO4+. The van der Waals surface area contributed by atoms with Crippen molar-refractivity contribution in [3.05, 3.63) is 0 Å². The van der Waals surface area contributed by atoms with E-state index in [0.29, 0.717) is 30.8 Å². The van der Waals surface area contributed by atoms with Gasteiger partial charge in [-0.1, -0.05) is 0 Å². The Kier molecular flexibility index (Phi) is 4.70. The molecule has 0 aromatic carbocycles. The van der Waals surface area contributed by atoms with Crippen LogP contribution in [0.2, 0.25) is 0 Å². The number of aliphatic hydroxyl groups excluding tert-OH is 1. The zero-order chi connectivity index (χ0) is 12.2. The van der Waals surface area contributed by atoms with E-state index in [4.69, 9.17) is 9.47 Å². The highest BCUT2D eigenvalue weighted by molar-refractivity contribution is 5.71. The van der Waals surface area contributed by atoms with Crippen LogP contribution in [0.15, 0.2) is 0 Å². The van der Waals surface area contributed by atoms with Crippen LogP contribution in [-0.4, -0.2) is 67.7 Å². The predicted octanol–water partition coefficient (Wildman–Crippen LogP) is -0.224. The fourth-order valence-electron chi connectivity index (χ4n) is 1.84. The molecule has 1 aliphatic rings. The van der Waals surface area contributed by atoms with Gasteiger partial charge in [-0.25, -0.2) is 4.79 Å². The van der Waals surface area contributed by atoms with Crippen molar-refractivity contribution in [2.24, 2.45) is 0 Å². The number of hydrogen-bond acceptors (Lipinski definition) is 4. The first-order valence-corrected chi connectivity index (χ1v) is 5.70. The number of morpholine rings is 1. The SMILES string of the molecule is CC(C)OCC(O)C[N+]1(C)CCOC(=O)C1. The second kappa shape index (κ2) is 5.61. The lowest BCUT2D eigenvalue weighted by Gasteiger charge is -2.37. The van der Waals surface area contributed by atoms with E-state index in [1.165, 1.54) is 0 Å². The monoisotopic (exact) mass is 232 g/mol. The highest BCUT2D eigenvalue weighted by Gasteiger charge is 2.33. The van der Waals surface area contributed by atoms with Gasteiger partial charge in [0.15, 0.2) is 6.54 Å². The smallest absolute Gasteiger partial charge is 0.361 e. The van der Waals surface area contributed by atoms with Gasteiger partial charge < -0.3 is 19.1 Å². The molecule has 1 rings (SSSR count). The lowest BCUT2D eigenvalue weighted by atomic mass is 10.2. The summed E-state index contributed by atoms with van der Waals surface area (Å²) in [5, 5.41) is 9.81. The average molecular weight is 232 g/mol. The van der Waals surface area contributed by atoms with E-state index in [1.807, 2.05) is 20.9 Å². The summed E-state index contributed by atoms with van der Waals surface area (Å²) in [4.78, 5) is 11.2. The number of nitrogens with zero attached hydrogens (tertiary/aromatic N) is 1. The van der Waals surface area contributed by atoms with Crippen LogP contribution in [-0.2, 0) is 14.3 Å². The number of carbonyl (C=O) groups is 1. The summed E-state index contributed by atoms with van der Waals surface area (Å²) in [5.41, 5.74) is 0. The summed E-state index contributed by atoms with van der Waals surface area (Å²) in [6.45, 7) is 6.24. The summed E-state index contributed by atoms with van der Waals surface area (Å²) in [6.07, 6.45) is -0.412. The molecule has 0 bridgehead atoms. The Morgan fingerprint density at radius 1 is 1.56 bits per heavy atom. The fraction of sp³-hybridized carbons (Fsp3) is 0.909. The van der Waals surface area contributed by atoms with E-state index in [2.05, 4.69) is 0 Å². The number of hydrogen-bond donors (Lipinski definition) is 1. The van der Waals surface area contributed by atoms with Crippen molar-refractivity contribution in [2.75, 3.05) is 39.9 Å². The summed E-state index contributed by atoms with van der Waals surface area (Å²) in [6, 6.07) is 0. The maximum absolute atomic E-state index is 11.2. The molecule has 0 saturated carbocycles. The zero-order valence-corrected chi connectivity index (χ0v) is 10.3. The topological polar surface area (TPSA) is 55.8 Å². The van der Waals surface area contributed by atoms with Gasteiger partial charge in [-0.3, -0.25) is 0 Å². The van der Waals surface area contributed by atoms with Crippen LogP contribution in [0.4, 0.5) is 0 Å². The highest BCUT2D eigenvalue weighted by atomic mass is 16.5. The molecule has 1 aliphatic heterocycles. The van der Waals surface area contributed by atoms with Crippen molar-refractivity contribution in [1.29, 1.82) is 0 Å². The molecule has 5 nitrogen and oxygen atoms in total. The van der Waals surface area contributed by atoms with Crippen molar-refractivity contribution in [1.82, 2.24) is 0 Å². The Morgan fingerprint density at radius 2 is 2.25 bits per heavy atom. The van der Waals surface area contributed by atoms with Gasteiger partial charge in [0.2, 0.25) is 0 Å². The summed E-state index contributed by atoms with van der Waals surface area (Å²) in [5.74, 6) is -0.189. The second-order valence-electron chi connectivity index (χ2n) is 4.94. The minimum atomic E-state index is -0.529. The van der Waals surface area contributed by atoms with Gasteiger partial charge in [0.1, 0.15) is 25.8 Å². The first kappa shape index (κ1) is 13.4. The Morgan fingerprint density at radius 3 is 2.81 bits per heavy atom. The van der Waals surface area contributed by atoms with Gasteiger partial charge in [-0.15, -0.1) is 0 Å². The number of cyclic esters (lactones) is 1. The van der Waals surface area contributed by atoms with Crippen molar-refractivity contribution in [3.63, 3.8) is 0 Å². The van der Waals surface area contributed by atoms with Crippen LogP contribution in [0.5, 0.6) is 0 Å². The number of ether oxygens (including phenoxy) is 2. The van der Waals surface area contributed by atoms with Crippen molar-refractivity contribution in [2.45, 2.75) is 26.1 Å². The quantitative estimate of drug-likeness (QED) is 0.526. The molecule has 1 fully saturated rings. The Hall–Kier alpha value is -0.650. The molecule has 0 aliphatic carbocycles. The van der Waals surface area contributed by atoms with Crippen LogP contribution in [0.3, 0.4) is 0 Å². The van der Waals surface area contributed by atoms with Crippen molar-refractivity contribution < 1.29 is 23.9 Å². The molecule has 0 radical (unpaired) electrons. The van der Waals surface area contributed by atoms with E-state index < -0.39 is 6.10 Å². The van der Waals surface area contributed by atoms with E-state index >= 15 is 0 Å². The predicted molar refractivity (Wildman–Crippen MR) is 58.8 cm³/mol. The van der Waals surface area contributed by atoms with Crippen LogP contribution in [0.1, 0.15) is 13.8 Å². The molecule has 0 amide bonds. The van der Waals surface area contributed by atoms with Crippen molar-refractivity contribution >= 4 is 5.97 Å². The molecule has 1 saturated heterocycles. The number of likely N-dealkylation sites (N-methyl/N-ethyl adjacent to an activating group) is 1. The molecule has 1 N–H and O–H groups in total. The van der Waals surface area contributed by atoms with Crippen LogP contribution >= 0.6 is 0 Å². The molecule has 2 atom stereocenters. The van der Waals surface area contributed by atoms with E-state index in [0.717, 1.165) is 6.54 Å². The average Bonchev–Trinajstić information content (AvgIpc) is 2.13. The first-order valence-electron chi connectivity index (χ1n) is 5.70. The lowest BCUT2D eigenvalue weighted by Crippen LogP contribution is -2.57. The summed E-state index contributed by atoms with van der Waals surface area (Å²) >= 11 is 0. The molecule has 0 aromatic heterocycles. The third kappa shape index (κ3) is 4.47. The largest absolute Gasteiger partial charge is 0.456 e. The standard InChI is InChI=1S/C11H22NO4/c1-9(2)16-8-10(13)6-12(3)4-5-15-11(14)7-12/h9-10,13H,4-8H2,1-3H3/q+1. The lowest BCUT2D eigenvalue weighted by molar-refractivity contribution is -0.909. The fourth-order valence-corrected chi connectivity index (χ4v) is 1.84. The van der Waals surface area contributed by atoms with E-state index in [-0.39, 0.29) is 12.1 Å². The zero-order valence-electron chi connectivity index (χ0n) is 10.3. The van der Waals surface area contributed by atoms with Gasteiger partial charge in [0, 0.05) is 0 Å². The van der Waals surface area contributed by atoms with Crippen molar-refractivity contribution in [3.8, 4) is 0 Å². The maximum atomic E-state index is 11.2. The van der Waals surface area contributed by atoms with E-state index in [9.17, 15) is 9.90 Å². The molecule has 5 heteroatoms. The molecule has 0 aromatic rings. The molecule has 16 heavy (non-hydrogen) atoms. The van der Waals surface area contributed by atoms with Crippen LogP contribution in [0.25, 0.3) is 0 Å². The third-order valence-electron chi connectivity index (χ3n) is 2.68. The molecule has 94 valence electrons. The van der Waals surface area contributed by atoms with Gasteiger partial charge in [0.05, 0.1) is 19.8 Å². The molecule has 1 heterocycles. The number of carbonyl (C=O) groups excluding carboxylic acids is 1. The maximum Gasteiger partial charge on any atom is 0.361 e. The Bertz CT molecular complexity index is 244. The molecule has 0 spiro atoms. The molecular weight excluding hydrogens is 210 g/mol. The summed E-state index contributed by atoms with van der Waals surface area (Å²) in [7, 11) is 1.96. The number of rotatable bonds is 5. The minimum absolute atomic E-state index is 0.117. The van der Waals surface area contributed by atoms with Gasteiger partial charge >= 0.3 is 5.97 Å².